The molecule has 0 bridgehead atoms. The molecule has 2 N–H and O–H groups in total. The van der Waals surface area contributed by atoms with Gasteiger partial charge in [0.1, 0.15) is 0 Å². The fourth-order valence-electron chi connectivity index (χ4n) is 4.20. The highest BCUT2D eigenvalue weighted by Crippen LogP contribution is 2.23. The lowest BCUT2D eigenvalue weighted by Crippen LogP contribution is -2.49. The topological polar surface area (TPSA) is 79.3 Å². The van der Waals surface area contributed by atoms with Crippen molar-refractivity contribution in [1.82, 2.24) is 25.3 Å². The van der Waals surface area contributed by atoms with Gasteiger partial charge < -0.3 is 5.32 Å². The first-order chi connectivity index (χ1) is 14.3. The number of nitrogens with one attached hydrogen (secondary N) is 2. The second-order valence-electron chi connectivity index (χ2n) is 8.46. The zero-order chi connectivity index (χ0) is 21.7. The van der Waals surface area contributed by atoms with Crippen LogP contribution in [0.5, 0.6) is 0 Å². The van der Waals surface area contributed by atoms with Gasteiger partial charge in [0.25, 0.3) is 0 Å². The maximum absolute atomic E-state index is 12.3. The van der Waals surface area contributed by atoms with Crippen LogP contribution in [0.2, 0.25) is 0 Å². The lowest BCUT2D eigenvalue weighted by Gasteiger charge is -2.29. The van der Waals surface area contributed by atoms with Crippen molar-refractivity contribution in [2.45, 2.75) is 59.0 Å². The standard InChI is InChI=1S/C23H33N5O2/c1-16-10-8-9-13-21(16)24-23(30)25-22(29)15-27(4)14-20-17(2)26-28(18(20)3)19-11-6-5-7-12-19/h5-7,11-12,16,21H,8-10,13-15H2,1-4H3,(H2,24,25,29,30). The van der Waals surface area contributed by atoms with Gasteiger partial charge in [-0.25, -0.2) is 9.48 Å². The molecule has 30 heavy (non-hydrogen) atoms. The van der Waals surface area contributed by atoms with Gasteiger partial charge >= 0.3 is 6.03 Å². The summed E-state index contributed by atoms with van der Waals surface area (Å²) in [5.41, 5.74) is 4.09. The van der Waals surface area contributed by atoms with Crippen LogP contribution >= 0.6 is 0 Å². The Morgan fingerprint density at radius 1 is 1.17 bits per heavy atom. The maximum Gasteiger partial charge on any atom is 0.321 e. The average molecular weight is 412 g/mol. The summed E-state index contributed by atoms with van der Waals surface area (Å²) in [6, 6.07) is 9.75. The average Bonchev–Trinajstić information content (AvgIpc) is 2.98. The van der Waals surface area contributed by atoms with E-state index < -0.39 is 6.03 Å². The first kappa shape index (κ1) is 22.0. The third kappa shape index (κ3) is 5.48. The fraction of sp³-hybridized carbons (Fsp3) is 0.522. The minimum Gasteiger partial charge on any atom is -0.335 e. The molecular formula is C23H33N5O2. The molecular weight excluding hydrogens is 378 g/mol. The normalized spacial score (nSPS) is 19.0. The monoisotopic (exact) mass is 411 g/mol. The Morgan fingerprint density at radius 3 is 2.57 bits per heavy atom. The number of rotatable bonds is 6. The molecule has 7 nitrogen and oxygen atoms in total. The molecule has 1 aliphatic carbocycles. The molecule has 1 aromatic carbocycles. The van der Waals surface area contributed by atoms with Crippen molar-refractivity contribution in [2.24, 2.45) is 5.92 Å². The number of para-hydroxylation sites is 1. The van der Waals surface area contributed by atoms with E-state index in [0.717, 1.165) is 41.9 Å². The molecule has 0 aliphatic heterocycles. The number of aromatic nitrogens is 2. The van der Waals surface area contributed by atoms with E-state index in [9.17, 15) is 9.59 Å². The van der Waals surface area contributed by atoms with Gasteiger partial charge in [-0.1, -0.05) is 38.0 Å². The quantitative estimate of drug-likeness (QED) is 0.764. The lowest BCUT2D eigenvalue weighted by molar-refractivity contribution is -0.121. The number of urea groups is 1. The predicted octanol–water partition coefficient (Wildman–Crippen LogP) is 3.33. The van der Waals surface area contributed by atoms with Crippen molar-refractivity contribution in [1.29, 1.82) is 0 Å². The number of carbonyl (C=O) groups is 2. The van der Waals surface area contributed by atoms with Crippen LogP contribution in [-0.4, -0.2) is 46.3 Å². The Bertz CT molecular complexity index is 877. The van der Waals surface area contributed by atoms with Crippen molar-refractivity contribution in [3.05, 3.63) is 47.3 Å². The summed E-state index contributed by atoms with van der Waals surface area (Å²) in [5, 5.41) is 10.1. The Balaban J connectivity index is 1.54. The molecule has 1 aliphatic rings. The maximum atomic E-state index is 12.3. The number of imide groups is 1. The van der Waals surface area contributed by atoms with E-state index in [1.165, 1.54) is 6.42 Å². The molecule has 0 spiro atoms. The summed E-state index contributed by atoms with van der Waals surface area (Å²) in [5.74, 6) is 0.151. The summed E-state index contributed by atoms with van der Waals surface area (Å²) >= 11 is 0. The molecule has 2 atom stereocenters. The van der Waals surface area contributed by atoms with Crippen molar-refractivity contribution in [3.8, 4) is 5.69 Å². The van der Waals surface area contributed by atoms with Gasteiger partial charge in [-0.2, -0.15) is 5.10 Å². The number of nitrogens with zero attached hydrogens (tertiary/aromatic N) is 3. The number of benzene rings is 1. The molecule has 3 rings (SSSR count). The summed E-state index contributed by atoms with van der Waals surface area (Å²) in [7, 11) is 1.87. The zero-order valence-corrected chi connectivity index (χ0v) is 18.4. The number of carbonyl (C=O) groups excluding carboxylic acids is 2. The predicted molar refractivity (Wildman–Crippen MR) is 117 cm³/mol. The van der Waals surface area contributed by atoms with Gasteiger partial charge in [0.2, 0.25) is 5.91 Å². The van der Waals surface area contributed by atoms with Crippen LogP contribution < -0.4 is 10.6 Å². The van der Waals surface area contributed by atoms with E-state index in [4.69, 9.17) is 0 Å². The molecule has 1 heterocycles. The Labute approximate surface area is 178 Å². The minimum absolute atomic E-state index is 0.142. The molecule has 7 heteroatoms. The number of amides is 3. The van der Waals surface area contributed by atoms with Crippen LogP contribution in [0.25, 0.3) is 5.69 Å². The highest BCUT2D eigenvalue weighted by Gasteiger charge is 2.23. The van der Waals surface area contributed by atoms with Crippen molar-refractivity contribution < 1.29 is 9.59 Å². The highest BCUT2D eigenvalue weighted by atomic mass is 16.2. The fourth-order valence-corrected chi connectivity index (χ4v) is 4.20. The Hall–Kier alpha value is -2.67. The van der Waals surface area contributed by atoms with E-state index in [1.54, 1.807) is 0 Å². The van der Waals surface area contributed by atoms with Crippen LogP contribution in [0.4, 0.5) is 4.79 Å². The minimum atomic E-state index is -0.392. The van der Waals surface area contributed by atoms with Gasteiger partial charge in [0, 0.05) is 23.8 Å². The van der Waals surface area contributed by atoms with E-state index in [0.29, 0.717) is 12.5 Å². The van der Waals surface area contributed by atoms with Crippen LogP contribution in [0.3, 0.4) is 0 Å². The van der Waals surface area contributed by atoms with Gasteiger partial charge in [-0.15, -0.1) is 0 Å². The summed E-state index contributed by atoms with van der Waals surface area (Å²) in [6.45, 7) is 6.89. The molecule has 1 aromatic heterocycles. The van der Waals surface area contributed by atoms with E-state index in [1.807, 2.05) is 60.8 Å². The summed E-state index contributed by atoms with van der Waals surface area (Å²) in [4.78, 5) is 26.4. The molecule has 2 aromatic rings. The van der Waals surface area contributed by atoms with Crippen molar-refractivity contribution in [2.75, 3.05) is 13.6 Å². The van der Waals surface area contributed by atoms with E-state index >= 15 is 0 Å². The van der Waals surface area contributed by atoms with Gasteiger partial charge in [-0.05, 0) is 51.8 Å². The number of aryl methyl sites for hydroxylation is 1. The van der Waals surface area contributed by atoms with Crippen LogP contribution in [0.1, 0.15) is 49.6 Å². The molecule has 0 radical (unpaired) electrons. The zero-order valence-electron chi connectivity index (χ0n) is 18.4. The molecule has 162 valence electrons. The van der Waals surface area contributed by atoms with Gasteiger partial charge in [0.05, 0.1) is 17.9 Å². The largest absolute Gasteiger partial charge is 0.335 e. The van der Waals surface area contributed by atoms with E-state index in [-0.39, 0.29) is 18.5 Å². The molecule has 1 fully saturated rings. The van der Waals surface area contributed by atoms with Crippen LogP contribution in [0.15, 0.2) is 30.3 Å². The van der Waals surface area contributed by atoms with Crippen LogP contribution in [-0.2, 0) is 11.3 Å². The molecule has 1 saturated carbocycles. The third-order valence-electron chi connectivity index (χ3n) is 5.96. The van der Waals surface area contributed by atoms with Crippen molar-refractivity contribution in [3.63, 3.8) is 0 Å². The molecule has 3 amide bonds. The molecule has 0 saturated heterocycles. The highest BCUT2D eigenvalue weighted by molar-refractivity contribution is 5.95. The number of hydrogen-bond donors (Lipinski definition) is 2. The summed E-state index contributed by atoms with van der Waals surface area (Å²) < 4.78 is 1.93. The smallest absolute Gasteiger partial charge is 0.321 e. The second kappa shape index (κ2) is 9.89. The summed E-state index contributed by atoms with van der Waals surface area (Å²) in [6.07, 6.45) is 4.44. The SMILES string of the molecule is Cc1nn(-c2ccccc2)c(C)c1CN(C)CC(=O)NC(=O)NC1CCCCC1C. The lowest BCUT2D eigenvalue weighted by atomic mass is 9.86. The first-order valence-corrected chi connectivity index (χ1v) is 10.7. The van der Waals surface area contributed by atoms with Gasteiger partial charge in [-0.3, -0.25) is 15.0 Å². The first-order valence-electron chi connectivity index (χ1n) is 10.7. The van der Waals surface area contributed by atoms with Crippen molar-refractivity contribution >= 4 is 11.9 Å². The Kier molecular flexibility index (Phi) is 7.26. The third-order valence-corrected chi connectivity index (χ3v) is 5.96. The number of likely N-dealkylation sites (N-methyl/N-ethyl adjacent to an activating group) is 1. The van der Waals surface area contributed by atoms with Gasteiger partial charge in [0.15, 0.2) is 0 Å². The van der Waals surface area contributed by atoms with Crippen LogP contribution in [0, 0.1) is 19.8 Å². The van der Waals surface area contributed by atoms with E-state index in [2.05, 4.69) is 22.7 Å². The second-order valence-corrected chi connectivity index (χ2v) is 8.46. The number of hydrogen-bond acceptors (Lipinski definition) is 4. The Morgan fingerprint density at radius 2 is 1.87 bits per heavy atom. The molecule has 2 unspecified atom stereocenters.